The maximum Gasteiger partial charge on any atom is 0.253 e. The number of thiocarbonyl (C=S) groups is 1. The van der Waals surface area contributed by atoms with Crippen molar-refractivity contribution >= 4 is 39.0 Å². The van der Waals surface area contributed by atoms with E-state index >= 15 is 0 Å². The second-order valence-electron chi connectivity index (χ2n) is 5.71. The number of nitrogens with one attached hydrogen (secondary N) is 1. The van der Waals surface area contributed by atoms with Gasteiger partial charge in [0.2, 0.25) is 0 Å². The smallest absolute Gasteiger partial charge is 0.253 e. The van der Waals surface area contributed by atoms with E-state index in [0.717, 1.165) is 25.7 Å². The van der Waals surface area contributed by atoms with Gasteiger partial charge in [0.25, 0.3) is 5.91 Å². The Labute approximate surface area is 137 Å². The van der Waals surface area contributed by atoms with E-state index in [1.807, 2.05) is 0 Å². The number of hydrogen-bond donors (Lipinski definition) is 2. The number of amides is 1. The lowest BCUT2D eigenvalue weighted by Crippen LogP contribution is -2.58. The van der Waals surface area contributed by atoms with Crippen LogP contribution in [-0.2, 0) is 0 Å². The summed E-state index contributed by atoms with van der Waals surface area (Å²) in [5.74, 6) is -0.0693. The molecule has 0 saturated heterocycles. The molecule has 0 bridgehead atoms. The minimum atomic E-state index is -0.632. The Morgan fingerprint density at radius 1 is 1.48 bits per heavy atom. The molecule has 1 aliphatic rings. The molecule has 1 aromatic carbocycles. The molecule has 1 aromatic rings. The predicted octanol–water partition coefficient (Wildman–Crippen LogP) is 3.55. The molecule has 114 valence electrons. The zero-order chi connectivity index (χ0) is 15.6. The van der Waals surface area contributed by atoms with Crippen LogP contribution in [0.25, 0.3) is 0 Å². The van der Waals surface area contributed by atoms with Crippen molar-refractivity contribution < 1.29 is 9.18 Å². The van der Waals surface area contributed by atoms with Gasteiger partial charge in [-0.15, -0.1) is 0 Å². The average Bonchev–Trinajstić information content (AvgIpc) is 2.41. The van der Waals surface area contributed by atoms with Crippen LogP contribution in [0.5, 0.6) is 0 Å². The van der Waals surface area contributed by atoms with Crippen LogP contribution >= 0.6 is 28.1 Å². The van der Waals surface area contributed by atoms with Crippen LogP contribution in [-0.4, -0.2) is 16.4 Å². The zero-order valence-corrected chi connectivity index (χ0v) is 14.2. The summed E-state index contributed by atoms with van der Waals surface area (Å²) >= 11 is 8.39. The van der Waals surface area contributed by atoms with Crippen LogP contribution in [0.1, 0.15) is 43.0 Å². The van der Waals surface area contributed by atoms with E-state index in [4.69, 9.17) is 18.0 Å². The van der Waals surface area contributed by atoms with E-state index in [1.165, 1.54) is 18.2 Å². The van der Waals surface area contributed by atoms with Crippen molar-refractivity contribution in [2.45, 2.75) is 38.1 Å². The summed E-state index contributed by atoms with van der Waals surface area (Å²) in [5, 5.41) is 2.97. The fraction of sp³-hybridized carbons (Fsp3) is 0.467. The Morgan fingerprint density at radius 2 is 2.10 bits per heavy atom. The molecule has 0 atom stereocenters. The highest BCUT2D eigenvalue weighted by Gasteiger charge is 2.38. The summed E-state index contributed by atoms with van der Waals surface area (Å²) in [7, 11) is 0. The summed E-state index contributed by atoms with van der Waals surface area (Å²) in [5.41, 5.74) is 5.63. The maximum absolute atomic E-state index is 13.1. The van der Waals surface area contributed by atoms with Gasteiger partial charge in [0.05, 0.1) is 16.1 Å². The zero-order valence-electron chi connectivity index (χ0n) is 11.8. The predicted molar refractivity (Wildman–Crippen MR) is 88.7 cm³/mol. The first kappa shape index (κ1) is 16.4. The van der Waals surface area contributed by atoms with Gasteiger partial charge in [-0.1, -0.05) is 19.1 Å². The highest BCUT2D eigenvalue weighted by Crippen LogP contribution is 2.33. The minimum Gasteiger partial charge on any atom is -0.391 e. The number of benzene rings is 1. The summed E-state index contributed by atoms with van der Waals surface area (Å²) in [6, 6.07) is 3.98. The average molecular weight is 373 g/mol. The molecule has 0 spiro atoms. The summed E-state index contributed by atoms with van der Waals surface area (Å²) < 4.78 is 13.5. The number of hydrogen-bond acceptors (Lipinski definition) is 2. The third kappa shape index (κ3) is 3.61. The number of carbonyl (C=O) groups is 1. The fourth-order valence-electron chi connectivity index (χ4n) is 2.65. The first-order chi connectivity index (χ1) is 9.84. The van der Waals surface area contributed by atoms with E-state index in [2.05, 4.69) is 28.2 Å². The lowest BCUT2D eigenvalue weighted by atomic mass is 9.77. The Hall–Kier alpha value is -1.01. The molecule has 1 aliphatic carbocycles. The third-order valence-corrected chi connectivity index (χ3v) is 5.17. The van der Waals surface area contributed by atoms with Crippen molar-refractivity contribution in [2.75, 3.05) is 0 Å². The number of halogens is 2. The largest absolute Gasteiger partial charge is 0.391 e. The van der Waals surface area contributed by atoms with Gasteiger partial charge in [0.1, 0.15) is 5.82 Å². The van der Waals surface area contributed by atoms with Crippen LogP contribution in [0.4, 0.5) is 4.39 Å². The molecule has 3 nitrogen and oxygen atoms in total. The highest BCUT2D eigenvalue weighted by atomic mass is 79.9. The summed E-state index contributed by atoms with van der Waals surface area (Å²) in [4.78, 5) is 12.8. The van der Waals surface area contributed by atoms with Gasteiger partial charge in [-0.25, -0.2) is 4.39 Å². The molecule has 0 radical (unpaired) electrons. The Morgan fingerprint density at radius 3 is 2.62 bits per heavy atom. The number of nitrogens with two attached hydrogens (primary N) is 1. The maximum atomic E-state index is 13.1. The summed E-state index contributed by atoms with van der Waals surface area (Å²) in [6.07, 6.45) is 3.44. The monoisotopic (exact) mass is 372 g/mol. The van der Waals surface area contributed by atoms with E-state index in [-0.39, 0.29) is 5.91 Å². The van der Waals surface area contributed by atoms with E-state index in [9.17, 15) is 9.18 Å². The minimum absolute atomic E-state index is 0.288. The molecule has 1 saturated carbocycles. The Balaban J connectivity index is 2.21. The topological polar surface area (TPSA) is 55.1 Å². The van der Waals surface area contributed by atoms with E-state index < -0.39 is 11.4 Å². The number of carbonyl (C=O) groups excluding carboxylic acids is 1. The number of rotatable bonds is 3. The molecule has 0 aromatic heterocycles. The second-order valence-corrected chi connectivity index (χ2v) is 7.00. The van der Waals surface area contributed by atoms with Crippen molar-refractivity contribution in [3.8, 4) is 0 Å². The Bertz CT molecular complexity index is 571. The SMILES string of the molecule is CC1CCC(NC(=O)c2ccc(F)cc2Br)(C(N)=S)CC1. The van der Waals surface area contributed by atoms with E-state index in [0.29, 0.717) is 20.9 Å². The van der Waals surface area contributed by atoms with Crippen LogP contribution in [0.3, 0.4) is 0 Å². The molecule has 0 aliphatic heterocycles. The molecule has 21 heavy (non-hydrogen) atoms. The van der Waals surface area contributed by atoms with Crippen molar-refractivity contribution in [3.05, 3.63) is 34.1 Å². The highest BCUT2D eigenvalue weighted by molar-refractivity contribution is 9.10. The lowest BCUT2D eigenvalue weighted by molar-refractivity contribution is 0.0900. The van der Waals surface area contributed by atoms with Gasteiger partial charge >= 0.3 is 0 Å². The Kier molecular flexibility index (Phi) is 4.99. The van der Waals surface area contributed by atoms with Crippen LogP contribution in [0, 0.1) is 11.7 Å². The molecule has 0 unspecified atom stereocenters. The van der Waals surface area contributed by atoms with Gasteiger partial charge in [-0.3, -0.25) is 4.79 Å². The standard InChI is InChI=1S/C15H18BrFN2OS/c1-9-4-6-15(7-5-9,14(18)21)19-13(20)11-3-2-10(17)8-12(11)16/h2-3,8-9H,4-7H2,1H3,(H2,18,21)(H,19,20). The van der Waals surface area contributed by atoms with Crippen LogP contribution in [0.15, 0.2) is 22.7 Å². The van der Waals surface area contributed by atoms with Gasteiger partial charge in [-0.2, -0.15) is 0 Å². The van der Waals surface area contributed by atoms with Crippen LogP contribution < -0.4 is 11.1 Å². The van der Waals surface area contributed by atoms with Crippen molar-refractivity contribution in [1.82, 2.24) is 5.32 Å². The van der Waals surface area contributed by atoms with Crippen molar-refractivity contribution in [1.29, 1.82) is 0 Å². The second kappa shape index (κ2) is 6.40. The molecule has 0 heterocycles. The molecule has 3 N–H and O–H groups in total. The molecular weight excluding hydrogens is 355 g/mol. The summed E-state index contributed by atoms with van der Waals surface area (Å²) in [6.45, 7) is 2.18. The molecular formula is C15H18BrFN2OS. The normalized spacial score (nSPS) is 25.4. The van der Waals surface area contributed by atoms with Gasteiger partial charge < -0.3 is 11.1 Å². The fourth-order valence-corrected chi connectivity index (χ4v) is 3.43. The lowest BCUT2D eigenvalue weighted by Gasteiger charge is -2.39. The molecule has 2 rings (SSSR count). The quantitative estimate of drug-likeness (QED) is 0.797. The van der Waals surface area contributed by atoms with E-state index in [1.54, 1.807) is 0 Å². The van der Waals surface area contributed by atoms with Crippen molar-refractivity contribution in [2.24, 2.45) is 11.7 Å². The third-order valence-electron chi connectivity index (χ3n) is 4.13. The first-order valence-corrected chi connectivity index (χ1v) is 8.12. The van der Waals surface area contributed by atoms with Crippen molar-refractivity contribution in [3.63, 3.8) is 0 Å². The molecule has 1 fully saturated rings. The van der Waals surface area contributed by atoms with Gasteiger partial charge in [-0.05, 0) is 65.7 Å². The van der Waals surface area contributed by atoms with Gasteiger partial charge in [0, 0.05) is 4.47 Å². The van der Waals surface area contributed by atoms with Gasteiger partial charge in [0.15, 0.2) is 0 Å². The molecule has 1 amide bonds. The van der Waals surface area contributed by atoms with Crippen LogP contribution in [0.2, 0.25) is 0 Å². The first-order valence-electron chi connectivity index (χ1n) is 6.91. The molecule has 6 heteroatoms.